The number of carbonyl (C=O) groups excluding carboxylic acids is 1. The zero-order valence-electron chi connectivity index (χ0n) is 9.96. The summed E-state index contributed by atoms with van der Waals surface area (Å²) in [5.74, 6) is -0.174. The largest absolute Gasteiger partial charge is 0.398 e. The van der Waals surface area contributed by atoms with E-state index in [0.717, 1.165) is 0 Å². The van der Waals surface area contributed by atoms with Gasteiger partial charge >= 0.3 is 0 Å². The van der Waals surface area contributed by atoms with Crippen molar-refractivity contribution >= 4 is 27.5 Å². The smallest absolute Gasteiger partial charge is 0.251 e. The predicted octanol–water partition coefficient (Wildman–Crippen LogP) is 1.78. The van der Waals surface area contributed by atoms with Crippen molar-refractivity contribution in [1.29, 1.82) is 0 Å². The molecule has 0 heterocycles. The van der Waals surface area contributed by atoms with Gasteiger partial charge < -0.3 is 16.2 Å². The van der Waals surface area contributed by atoms with E-state index in [1.54, 1.807) is 18.2 Å². The second-order valence-electron chi connectivity index (χ2n) is 4.74. The number of carbonyl (C=O) groups is 1. The molecule has 0 saturated carbocycles. The van der Waals surface area contributed by atoms with Crippen molar-refractivity contribution in [1.82, 2.24) is 5.32 Å². The molecule has 1 aromatic rings. The van der Waals surface area contributed by atoms with Gasteiger partial charge in [-0.25, -0.2) is 0 Å². The Bertz CT molecular complexity index is 419. The number of rotatable bonds is 4. The Labute approximate surface area is 109 Å². The zero-order valence-corrected chi connectivity index (χ0v) is 11.5. The van der Waals surface area contributed by atoms with E-state index < -0.39 is 0 Å². The lowest BCUT2D eigenvalue weighted by Gasteiger charge is -2.21. The van der Waals surface area contributed by atoms with Gasteiger partial charge in [0.2, 0.25) is 0 Å². The fourth-order valence-electron chi connectivity index (χ4n) is 1.15. The molecule has 0 bridgehead atoms. The fraction of sp³-hybridized carbons (Fsp3) is 0.417. The molecule has 0 saturated heterocycles. The average Bonchev–Trinajstić information content (AvgIpc) is 2.30. The predicted molar refractivity (Wildman–Crippen MR) is 71.8 cm³/mol. The highest BCUT2D eigenvalue weighted by atomic mass is 79.9. The summed E-state index contributed by atoms with van der Waals surface area (Å²) in [7, 11) is 0. The van der Waals surface area contributed by atoms with Crippen LogP contribution in [0.1, 0.15) is 24.2 Å². The van der Waals surface area contributed by atoms with Crippen molar-refractivity contribution in [3.63, 3.8) is 0 Å². The lowest BCUT2D eigenvalue weighted by molar-refractivity contribution is 0.0911. The molecule has 0 aromatic heterocycles. The monoisotopic (exact) mass is 300 g/mol. The molecule has 0 radical (unpaired) electrons. The van der Waals surface area contributed by atoms with Crippen molar-refractivity contribution in [2.45, 2.75) is 13.8 Å². The topological polar surface area (TPSA) is 75.3 Å². The first-order chi connectivity index (χ1) is 7.85. The zero-order chi connectivity index (χ0) is 13.1. The van der Waals surface area contributed by atoms with Crippen LogP contribution in [0.25, 0.3) is 0 Å². The molecule has 0 aliphatic rings. The molecule has 4 nitrogen and oxygen atoms in total. The minimum atomic E-state index is -0.319. The van der Waals surface area contributed by atoms with E-state index in [1.165, 1.54) is 0 Å². The van der Waals surface area contributed by atoms with E-state index >= 15 is 0 Å². The lowest BCUT2D eigenvalue weighted by Crippen LogP contribution is -2.36. The normalized spacial score (nSPS) is 11.3. The Kier molecular flexibility index (Phi) is 4.54. The van der Waals surface area contributed by atoms with Crippen LogP contribution in [0.5, 0.6) is 0 Å². The number of nitrogens with two attached hydrogens (primary N) is 1. The molecule has 0 spiro atoms. The number of hydrogen-bond donors (Lipinski definition) is 3. The molecule has 1 amide bonds. The lowest BCUT2D eigenvalue weighted by atomic mass is 9.95. The number of halogens is 1. The maximum Gasteiger partial charge on any atom is 0.251 e. The van der Waals surface area contributed by atoms with Crippen LogP contribution in [0.15, 0.2) is 22.7 Å². The number of nitrogen functional groups attached to an aromatic ring is 1. The Morgan fingerprint density at radius 1 is 1.53 bits per heavy atom. The first-order valence-corrected chi connectivity index (χ1v) is 6.09. The molecular weight excluding hydrogens is 284 g/mol. The number of aliphatic hydroxyl groups excluding tert-OH is 1. The molecule has 5 heteroatoms. The quantitative estimate of drug-likeness (QED) is 0.742. The minimum Gasteiger partial charge on any atom is -0.398 e. The van der Waals surface area contributed by atoms with Gasteiger partial charge in [-0.1, -0.05) is 13.8 Å². The van der Waals surface area contributed by atoms with Crippen LogP contribution in [0.4, 0.5) is 5.69 Å². The van der Waals surface area contributed by atoms with E-state index in [4.69, 9.17) is 10.8 Å². The summed E-state index contributed by atoms with van der Waals surface area (Å²) < 4.78 is 0.701. The summed E-state index contributed by atoms with van der Waals surface area (Å²) in [5.41, 5.74) is 6.46. The molecule has 1 aromatic carbocycles. The number of hydrogen-bond acceptors (Lipinski definition) is 3. The van der Waals surface area contributed by atoms with E-state index in [0.29, 0.717) is 22.3 Å². The van der Waals surface area contributed by atoms with Crippen LogP contribution < -0.4 is 11.1 Å². The summed E-state index contributed by atoms with van der Waals surface area (Å²) in [5, 5.41) is 11.9. The van der Waals surface area contributed by atoms with E-state index in [2.05, 4.69) is 21.2 Å². The van der Waals surface area contributed by atoms with E-state index in [9.17, 15) is 4.79 Å². The molecule has 0 atom stereocenters. The Morgan fingerprint density at radius 3 is 2.71 bits per heavy atom. The van der Waals surface area contributed by atoms with Gasteiger partial charge in [-0.3, -0.25) is 4.79 Å². The van der Waals surface area contributed by atoms with Crippen molar-refractivity contribution in [2.24, 2.45) is 5.41 Å². The van der Waals surface area contributed by atoms with Gasteiger partial charge in [-0.15, -0.1) is 0 Å². The second kappa shape index (κ2) is 5.51. The number of nitrogens with one attached hydrogen (secondary N) is 1. The van der Waals surface area contributed by atoms with Gasteiger partial charge in [0.15, 0.2) is 0 Å². The number of benzene rings is 1. The second-order valence-corrected chi connectivity index (χ2v) is 5.60. The first-order valence-electron chi connectivity index (χ1n) is 5.30. The van der Waals surface area contributed by atoms with Gasteiger partial charge in [0, 0.05) is 34.3 Å². The first kappa shape index (κ1) is 14.0. The number of amides is 1. The minimum absolute atomic E-state index is 0.0265. The average molecular weight is 301 g/mol. The van der Waals surface area contributed by atoms with Crippen LogP contribution in [0.3, 0.4) is 0 Å². The Morgan fingerprint density at radius 2 is 2.18 bits per heavy atom. The maximum absolute atomic E-state index is 11.8. The summed E-state index contributed by atoms with van der Waals surface area (Å²) in [6.07, 6.45) is 0. The Hall–Kier alpha value is -1.07. The molecule has 94 valence electrons. The standard InChI is InChI=1S/C12H17BrN2O2/c1-12(2,7-16)6-15-11(17)8-3-4-10(14)9(13)5-8/h3-5,16H,6-7,14H2,1-2H3,(H,15,17). The highest BCUT2D eigenvalue weighted by molar-refractivity contribution is 9.10. The highest BCUT2D eigenvalue weighted by Crippen LogP contribution is 2.20. The van der Waals surface area contributed by atoms with Crippen molar-refractivity contribution in [3.05, 3.63) is 28.2 Å². The number of aliphatic hydroxyl groups is 1. The third kappa shape index (κ3) is 4.02. The van der Waals surface area contributed by atoms with Crippen LogP contribution in [-0.4, -0.2) is 24.2 Å². The molecule has 17 heavy (non-hydrogen) atoms. The van der Waals surface area contributed by atoms with Crippen LogP contribution in [0, 0.1) is 5.41 Å². The van der Waals surface area contributed by atoms with Crippen LogP contribution in [0.2, 0.25) is 0 Å². The summed E-state index contributed by atoms with van der Waals surface area (Å²) in [6.45, 7) is 4.21. The third-order valence-corrected chi connectivity index (χ3v) is 3.10. The Balaban J connectivity index is 2.68. The molecule has 4 N–H and O–H groups in total. The highest BCUT2D eigenvalue weighted by Gasteiger charge is 2.18. The van der Waals surface area contributed by atoms with Crippen molar-refractivity contribution in [2.75, 3.05) is 18.9 Å². The van der Waals surface area contributed by atoms with Gasteiger partial charge in [-0.2, -0.15) is 0 Å². The SMILES string of the molecule is CC(C)(CO)CNC(=O)c1ccc(N)c(Br)c1. The summed E-state index contributed by atoms with van der Waals surface area (Å²) >= 11 is 3.27. The summed E-state index contributed by atoms with van der Waals surface area (Å²) in [4.78, 5) is 11.8. The van der Waals surface area contributed by atoms with Crippen LogP contribution >= 0.6 is 15.9 Å². The van der Waals surface area contributed by atoms with Crippen molar-refractivity contribution in [3.8, 4) is 0 Å². The third-order valence-electron chi connectivity index (χ3n) is 2.42. The molecule has 0 aliphatic heterocycles. The van der Waals surface area contributed by atoms with E-state index in [1.807, 2.05) is 13.8 Å². The van der Waals surface area contributed by atoms with E-state index in [-0.39, 0.29) is 17.9 Å². The summed E-state index contributed by atoms with van der Waals surface area (Å²) in [6, 6.07) is 5.02. The van der Waals surface area contributed by atoms with Gasteiger partial charge in [0.05, 0.1) is 0 Å². The molecule has 0 unspecified atom stereocenters. The molecular formula is C12H17BrN2O2. The molecule has 1 rings (SSSR count). The van der Waals surface area contributed by atoms with Gasteiger partial charge in [0.1, 0.15) is 0 Å². The van der Waals surface area contributed by atoms with Crippen molar-refractivity contribution < 1.29 is 9.90 Å². The van der Waals surface area contributed by atoms with Gasteiger partial charge in [-0.05, 0) is 34.1 Å². The molecule has 0 fully saturated rings. The fourth-order valence-corrected chi connectivity index (χ4v) is 1.52. The molecule has 0 aliphatic carbocycles. The maximum atomic E-state index is 11.8. The van der Waals surface area contributed by atoms with Gasteiger partial charge in [0.25, 0.3) is 5.91 Å². The van der Waals surface area contributed by atoms with Crippen LogP contribution in [-0.2, 0) is 0 Å². The number of anilines is 1.